The third kappa shape index (κ3) is 15.6. The van der Waals surface area contributed by atoms with Gasteiger partial charge in [0.2, 0.25) is 0 Å². The number of hydrogen-bond acceptors (Lipinski definition) is 12. The smallest absolute Gasteiger partial charge is 0.480 e. The van der Waals surface area contributed by atoms with E-state index in [2.05, 4.69) is 63.7 Å². The number of rotatable bonds is 21. The van der Waals surface area contributed by atoms with E-state index in [0.717, 1.165) is 33.0 Å². The van der Waals surface area contributed by atoms with E-state index in [0.29, 0.717) is 59.4 Å². The summed E-state index contributed by atoms with van der Waals surface area (Å²) in [5.74, 6) is -2.95. The van der Waals surface area contributed by atoms with E-state index in [9.17, 15) is 18.0 Å². The highest BCUT2D eigenvalue weighted by Gasteiger charge is 2.38. The topological polar surface area (TPSA) is 162 Å². The lowest BCUT2D eigenvalue weighted by atomic mass is 10.1. The lowest BCUT2D eigenvalue weighted by Gasteiger charge is -2.11. The first kappa shape index (κ1) is 41.0. The molecule has 2 heterocycles. The lowest BCUT2D eigenvalue weighted by Crippen LogP contribution is -2.21. The van der Waals surface area contributed by atoms with Gasteiger partial charge in [-0.05, 0) is 35.9 Å². The van der Waals surface area contributed by atoms with E-state index in [1.807, 2.05) is 26.4 Å². The van der Waals surface area contributed by atoms with Gasteiger partial charge in [0.05, 0.1) is 69.7 Å². The van der Waals surface area contributed by atoms with Crippen molar-refractivity contribution in [3.8, 4) is 21.7 Å². The first-order valence-corrected chi connectivity index (χ1v) is 16.5. The second-order valence-electron chi connectivity index (χ2n) is 10.7. The monoisotopic (exact) mass is 738 g/mol. The second-order valence-corrected chi connectivity index (χ2v) is 11.7. The van der Waals surface area contributed by atoms with E-state index in [1.165, 1.54) is 10.4 Å². The number of aromatic nitrogens is 2. The first-order chi connectivity index (χ1) is 24.4. The Morgan fingerprint density at radius 2 is 1.29 bits per heavy atom. The number of halogens is 3. The van der Waals surface area contributed by atoms with Gasteiger partial charge in [-0.3, -0.25) is 0 Å². The highest BCUT2D eigenvalue weighted by atomic mass is 32.1. The molecule has 0 spiro atoms. The van der Waals surface area contributed by atoms with Crippen LogP contribution < -0.4 is 10.2 Å². The van der Waals surface area contributed by atoms with Crippen LogP contribution in [0.5, 0.6) is 0 Å². The SMILES string of the molecule is CN(C)c1ccc2nc(-c3ccc(-c4ccc(NCCOCCOCCOCCOCCOCC(=O)O)nc4)cc3)sc2c1.O=C(O)C(F)(F)F. The van der Waals surface area contributed by atoms with Gasteiger partial charge in [0, 0.05) is 43.7 Å². The molecule has 0 aliphatic rings. The Balaban J connectivity index is 0.000000908. The summed E-state index contributed by atoms with van der Waals surface area (Å²) in [5, 5.41) is 19.9. The highest BCUT2D eigenvalue weighted by molar-refractivity contribution is 7.21. The van der Waals surface area contributed by atoms with Crippen LogP contribution >= 0.6 is 11.3 Å². The zero-order valence-electron chi connectivity index (χ0n) is 28.2. The van der Waals surface area contributed by atoms with Gasteiger partial charge in [-0.2, -0.15) is 13.2 Å². The van der Waals surface area contributed by atoms with Gasteiger partial charge in [0.15, 0.2) is 0 Å². The Morgan fingerprint density at radius 1 is 0.765 bits per heavy atom. The number of aliphatic carboxylic acids is 2. The molecule has 4 aromatic rings. The lowest BCUT2D eigenvalue weighted by molar-refractivity contribution is -0.192. The minimum absolute atomic E-state index is 0.245. The molecule has 0 aliphatic carbocycles. The molecule has 3 N–H and O–H groups in total. The molecule has 0 saturated carbocycles. The van der Waals surface area contributed by atoms with Crippen molar-refractivity contribution >= 4 is 45.0 Å². The van der Waals surface area contributed by atoms with Gasteiger partial charge >= 0.3 is 18.1 Å². The predicted molar refractivity (Wildman–Crippen MR) is 187 cm³/mol. The van der Waals surface area contributed by atoms with Gasteiger partial charge in [-0.1, -0.05) is 24.3 Å². The van der Waals surface area contributed by atoms with Crippen LogP contribution in [0.4, 0.5) is 24.7 Å². The molecule has 0 atom stereocenters. The molecule has 2 aromatic carbocycles. The second kappa shape index (κ2) is 21.7. The predicted octanol–water partition coefficient (Wildman–Crippen LogP) is 5.30. The molecule has 0 saturated heterocycles. The first-order valence-electron chi connectivity index (χ1n) is 15.7. The number of benzene rings is 2. The Labute approximate surface area is 296 Å². The number of anilines is 2. The summed E-state index contributed by atoms with van der Waals surface area (Å²) < 4.78 is 59.6. The number of carboxylic acid groups (broad SMARTS) is 2. The van der Waals surface area contributed by atoms with Gasteiger partial charge < -0.3 is 44.1 Å². The molecule has 0 radical (unpaired) electrons. The quantitative estimate of drug-likeness (QED) is 0.0946. The minimum Gasteiger partial charge on any atom is -0.480 e. The summed E-state index contributed by atoms with van der Waals surface area (Å²) in [5.41, 5.74) is 5.45. The van der Waals surface area contributed by atoms with Gasteiger partial charge in [0.1, 0.15) is 17.4 Å². The molecule has 278 valence electrons. The number of hydrogen-bond donors (Lipinski definition) is 3. The maximum atomic E-state index is 10.6. The van der Waals surface area contributed by atoms with E-state index in [4.69, 9.17) is 43.7 Å². The number of fused-ring (bicyclic) bond motifs is 1. The molecule has 2 aromatic heterocycles. The van der Waals surface area contributed by atoms with Crippen LogP contribution in [0.1, 0.15) is 0 Å². The molecular formula is C34H41F3N4O9S. The third-order valence-corrected chi connectivity index (χ3v) is 7.69. The molecule has 0 aliphatic heterocycles. The van der Waals surface area contributed by atoms with Crippen LogP contribution in [0.25, 0.3) is 31.9 Å². The minimum atomic E-state index is -5.08. The molecule has 0 fully saturated rings. The number of nitrogens with one attached hydrogen (secondary N) is 1. The van der Waals surface area contributed by atoms with E-state index in [1.54, 1.807) is 11.3 Å². The number of alkyl halides is 3. The molecule has 0 amide bonds. The summed E-state index contributed by atoms with van der Waals surface area (Å²) >= 11 is 1.71. The largest absolute Gasteiger partial charge is 0.490 e. The number of nitrogens with zero attached hydrogens (tertiary/aromatic N) is 3. The van der Waals surface area contributed by atoms with Crippen LogP contribution in [0.2, 0.25) is 0 Å². The zero-order chi connectivity index (χ0) is 37.1. The van der Waals surface area contributed by atoms with Crippen LogP contribution in [0.15, 0.2) is 60.8 Å². The van der Waals surface area contributed by atoms with Crippen molar-refractivity contribution in [2.75, 3.05) is 96.9 Å². The van der Waals surface area contributed by atoms with Crippen molar-refractivity contribution in [3.63, 3.8) is 0 Å². The zero-order valence-corrected chi connectivity index (χ0v) is 29.0. The van der Waals surface area contributed by atoms with Crippen LogP contribution in [-0.2, 0) is 33.3 Å². The van der Waals surface area contributed by atoms with Crippen LogP contribution in [-0.4, -0.2) is 125 Å². The van der Waals surface area contributed by atoms with Gasteiger partial charge in [-0.15, -0.1) is 11.3 Å². The van der Waals surface area contributed by atoms with E-state index in [-0.39, 0.29) is 13.2 Å². The number of ether oxygens (including phenoxy) is 5. The van der Waals surface area contributed by atoms with Crippen molar-refractivity contribution in [2.45, 2.75) is 6.18 Å². The maximum Gasteiger partial charge on any atom is 0.490 e. The van der Waals surface area contributed by atoms with Crippen molar-refractivity contribution in [2.24, 2.45) is 0 Å². The number of carboxylic acids is 2. The molecular weight excluding hydrogens is 697 g/mol. The van der Waals surface area contributed by atoms with Crippen molar-refractivity contribution in [1.29, 1.82) is 0 Å². The Bertz CT molecular complexity index is 1620. The average molecular weight is 739 g/mol. The average Bonchev–Trinajstić information content (AvgIpc) is 3.53. The fourth-order valence-electron chi connectivity index (χ4n) is 4.08. The number of carbonyl (C=O) groups is 2. The van der Waals surface area contributed by atoms with E-state index >= 15 is 0 Å². The van der Waals surface area contributed by atoms with E-state index < -0.39 is 18.1 Å². The molecule has 0 unspecified atom stereocenters. The fourth-order valence-corrected chi connectivity index (χ4v) is 5.08. The summed E-state index contributed by atoms with van der Waals surface area (Å²) in [4.78, 5) is 30.7. The summed E-state index contributed by atoms with van der Waals surface area (Å²) in [6, 6.07) is 18.8. The Hall–Kier alpha value is -4.39. The van der Waals surface area contributed by atoms with Gasteiger partial charge in [0.25, 0.3) is 0 Å². The van der Waals surface area contributed by atoms with Crippen molar-refractivity contribution < 1.29 is 56.7 Å². The maximum absolute atomic E-state index is 10.6. The summed E-state index contributed by atoms with van der Waals surface area (Å²) in [6.07, 6.45) is -3.21. The number of pyridine rings is 1. The van der Waals surface area contributed by atoms with Crippen molar-refractivity contribution in [3.05, 3.63) is 60.8 Å². The molecule has 51 heavy (non-hydrogen) atoms. The standard InChI is InChI=1S/C32H40N4O7S.C2HF3O2/c1-36(2)27-8-9-28-29(21-27)44-32(35-28)25-5-3-24(4-6-25)26-7-10-30(34-22-26)33-11-12-39-13-14-40-15-16-41-17-18-42-19-20-43-23-31(37)38;3-2(4,5)1(6)7/h3-10,21-22H,11-20,23H2,1-2H3,(H,33,34)(H,37,38);(H,6,7). The molecule has 0 bridgehead atoms. The highest BCUT2D eigenvalue weighted by Crippen LogP contribution is 2.33. The summed E-state index contributed by atoms with van der Waals surface area (Å²) in [6.45, 7) is 4.23. The van der Waals surface area contributed by atoms with Crippen LogP contribution in [0.3, 0.4) is 0 Å². The Kier molecular flexibility index (Phi) is 17.5. The fraction of sp³-hybridized carbons (Fsp3) is 0.412. The Morgan fingerprint density at radius 3 is 1.80 bits per heavy atom. The molecule has 13 nitrogen and oxygen atoms in total. The van der Waals surface area contributed by atoms with Gasteiger partial charge in [-0.25, -0.2) is 19.6 Å². The molecule has 4 rings (SSSR count). The molecule has 17 heteroatoms. The summed E-state index contributed by atoms with van der Waals surface area (Å²) in [7, 11) is 4.09. The normalized spacial score (nSPS) is 11.2. The third-order valence-electron chi connectivity index (χ3n) is 6.63. The van der Waals surface area contributed by atoms with Crippen molar-refractivity contribution in [1.82, 2.24) is 9.97 Å². The van der Waals surface area contributed by atoms with Crippen LogP contribution in [0, 0.1) is 0 Å². The number of thiazole rings is 1.